The molecule has 0 saturated heterocycles. The molecule has 6 heteroatoms. The molecule has 18 heavy (non-hydrogen) atoms. The first-order chi connectivity index (χ1) is 8.56. The lowest BCUT2D eigenvalue weighted by atomic mass is 10.1. The zero-order valence-electron chi connectivity index (χ0n) is 9.85. The normalized spacial score (nSPS) is 10.3. The summed E-state index contributed by atoms with van der Waals surface area (Å²) in [4.78, 5) is 0.343. The van der Waals surface area contributed by atoms with Crippen molar-refractivity contribution in [2.45, 2.75) is 6.54 Å². The largest absolute Gasteiger partial charge is 0.389 e. The van der Waals surface area contributed by atoms with Crippen LogP contribution in [0.5, 0.6) is 0 Å². The molecule has 0 aliphatic carbocycles. The number of rotatable bonds is 4. The fourth-order valence-electron chi connectivity index (χ4n) is 1.62. The molecule has 2 aromatic rings. The van der Waals surface area contributed by atoms with Gasteiger partial charge in [0.05, 0.1) is 12.2 Å². The van der Waals surface area contributed by atoms with Crippen molar-refractivity contribution in [2.24, 2.45) is 12.8 Å². The Bertz CT molecular complexity index is 579. The van der Waals surface area contributed by atoms with E-state index in [1.54, 1.807) is 16.8 Å². The van der Waals surface area contributed by atoms with Crippen molar-refractivity contribution < 1.29 is 0 Å². The van der Waals surface area contributed by atoms with Gasteiger partial charge in [-0.1, -0.05) is 23.8 Å². The fraction of sp³-hybridized carbons (Fsp3) is 0.167. The second-order valence-electron chi connectivity index (χ2n) is 3.89. The van der Waals surface area contributed by atoms with Gasteiger partial charge in [0.1, 0.15) is 4.99 Å². The standard InChI is InChI=1S/C12H13ClN4S/c1-17-5-4-9(16-17)7-15-11-6-8(13)2-3-10(11)12(14)18/h2-6,15H,7H2,1H3,(H2,14,18). The Hall–Kier alpha value is -1.59. The highest BCUT2D eigenvalue weighted by molar-refractivity contribution is 7.80. The average Bonchev–Trinajstić information content (AvgIpc) is 2.72. The van der Waals surface area contributed by atoms with E-state index in [1.165, 1.54) is 0 Å². The third-order valence-electron chi connectivity index (χ3n) is 2.48. The quantitative estimate of drug-likeness (QED) is 0.844. The highest BCUT2D eigenvalue weighted by Gasteiger charge is 2.06. The van der Waals surface area contributed by atoms with Crippen molar-refractivity contribution in [3.05, 3.63) is 46.7 Å². The summed E-state index contributed by atoms with van der Waals surface area (Å²) in [6.45, 7) is 0.594. The van der Waals surface area contributed by atoms with Gasteiger partial charge in [0.15, 0.2) is 0 Å². The van der Waals surface area contributed by atoms with E-state index < -0.39 is 0 Å². The van der Waals surface area contributed by atoms with Crippen molar-refractivity contribution in [3.63, 3.8) is 0 Å². The van der Waals surface area contributed by atoms with Gasteiger partial charge in [-0.2, -0.15) is 5.10 Å². The van der Waals surface area contributed by atoms with Crippen LogP contribution in [0, 0.1) is 0 Å². The van der Waals surface area contributed by atoms with Gasteiger partial charge in [-0.05, 0) is 24.3 Å². The van der Waals surface area contributed by atoms with E-state index in [0.717, 1.165) is 16.9 Å². The third kappa shape index (κ3) is 3.00. The molecule has 4 nitrogen and oxygen atoms in total. The van der Waals surface area contributed by atoms with Crippen molar-refractivity contribution in [2.75, 3.05) is 5.32 Å². The third-order valence-corrected chi connectivity index (χ3v) is 2.93. The monoisotopic (exact) mass is 280 g/mol. The van der Waals surface area contributed by atoms with Crippen LogP contribution in [0.2, 0.25) is 5.02 Å². The molecular formula is C12H13ClN4S. The molecule has 3 N–H and O–H groups in total. The van der Waals surface area contributed by atoms with E-state index in [-0.39, 0.29) is 0 Å². The van der Waals surface area contributed by atoms with E-state index in [0.29, 0.717) is 16.6 Å². The predicted octanol–water partition coefficient (Wildman–Crippen LogP) is 2.32. The summed E-state index contributed by atoms with van der Waals surface area (Å²) in [6, 6.07) is 7.32. The second kappa shape index (κ2) is 5.37. The first-order valence-corrected chi connectivity index (χ1v) is 6.16. The molecule has 0 spiro atoms. The van der Waals surface area contributed by atoms with Gasteiger partial charge in [0.25, 0.3) is 0 Å². The van der Waals surface area contributed by atoms with Gasteiger partial charge in [0, 0.05) is 29.5 Å². The summed E-state index contributed by atoms with van der Waals surface area (Å²) >= 11 is 11.0. The molecule has 1 heterocycles. The van der Waals surface area contributed by atoms with Crippen LogP contribution in [-0.4, -0.2) is 14.8 Å². The molecular weight excluding hydrogens is 268 g/mol. The molecule has 1 aromatic carbocycles. The first kappa shape index (κ1) is 12.9. The lowest BCUT2D eigenvalue weighted by Gasteiger charge is -2.10. The number of nitrogens with two attached hydrogens (primary N) is 1. The van der Waals surface area contributed by atoms with Gasteiger partial charge in [-0.3, -0.25) is 4.68 Å². The summed E-state index contributed by atoms with van der Waals surface area (Å²) in [6.07, 6.45) is 1.89. The molecule has 0 radical (unpaired) electrons. The van der Waals surface area contributed by atoms with E-state index in [4.69, 9.17) is 29.6 Å². The van der Waals surface area contributed by atoms with Crippen LogP contribution < -0.4 is 11.1 Å². The van der Waals surface area contributed by atoms with Crippen LogP contribution >= 0.6 is 23.8 Å². The van der Waals surface area contributed by atoms with E-state index in [1.807, 2.05) is 25.4 Å². The summed E-state index contributed by atoms with van der Waals surface area (Å²) in [7, 11) is 1.88. The zero-order chi connectivity index (χ0) is 13.1. The maximum atomic E-state index is 5.96. The van der Waals surface area contributed by atoms with Crippen LogP contribution in [0.15, 0.2) is 30.5 Å². The van der Waals surface area contributed by atoms with Crippen LogP contribution in [-0.2, 0) is 13.6 Å². The Labute approximate surface area is 116 Å². The first-order valence-electron chi connectivity index (χ1n) is 5.38. The number of anilines is 1. The Morgan fingerprint density at radius 1 is 1.50 bits per heavy atom. The molecule has 0 bridgehead atoms. The van der Waals surface area contributed by atoms with Crippen LogP contribution in [0.25, 0.3) is 0 Å². The Kier molecular flexibility index (Phi) is 3.84. The Morgan fingerprint density at radius 2 is 2.28 bits per heavy atom. The molecule has 0 aliphatic rings. The molecule has 0 saturated carbocycles. The van der Waals surface area contributed by atoms with Gasteiger partial charge in [-0.25, -0.2) is 0 Å². The zero-order valence-corrected chi connectivity index (χ0v) is 11.4. The Morgan fingerprint density at radius 3 is 2.89 bits per heavy atom. The molecule has 0 aliphatic heterocycles. The van der Waals surface area contributed by atoms with E-state index in [2.05, 4.69) is 10.4 Å². The van der Waals surface area contributed by atoms with Crippen LogP contribution in [0.1, 0.15) is 11.3 Å². The number of nitrogens with zero attached hydrogens (tertiary/aromatic N) is 2. The number of aromatic nitrogens is 2. The minimum absolute atomic E-state index is 0.343. The topological polar surface area (TPSA) is 55.9 Å². The minimum Gasteiger partial charge on any atom is -0.389 e. The van der Waals surface area contributed by atoms with Crippen molar-refractivity contribution in [1.82, 2.24) is 9.78 Å². The number of hydrogen-bond acceptors (Lipinski definition) is 3. The summed E-state index contributed by atoms with van der Waals surface area (Å²) in [5.41, 5.74) is 8.21. The van der Waals surface area contributed by atoms with Crippen molar-refractivity contribution in [1.29, 1.82) is 0 Å². The Balaban J connectivity index is 2.17. The lowest BCUT2D eigenvalue weighted by Crippen LogP contribution is -2.13. The average molecular weight is 281 g/mol. The van der Waals surface area contributed by atoms with E-state index >= 15 is 0 Å². The van der Waals surface area contributed by atoms with Crippen molar-refractivity contribution in [3.8, 4) is 0 Å². The summed E-state index contributed by atoms with van der Waals surface area (Å²) in [5, 5.41) is 8.15. The molecule has 0 fully saturated rings. The summed E-state index contributed by atoms with van der Waals surface area (Å²) in [5.74, 6) is 0. The number of halogens is 1. The smallest absolute Gasteiger partial charge is 0.106 e. The van der Waals surface area contributed by atoms with Gasteiger partial charge in [0.2, 0.25) is 0 Å². The lowest BCUT2D eigenvalue weighted by molar-refractivity contribution is 0.747. The van der Waals surface area contributed by atoms with Gasteiger partial charge in [-0.15, -0.1) is 0 Å². The fourth-order valence-corrected chi connectivity index (χ4v) is 1.97. The van der Waals surface area contributed by atoms with Crippen LogP contribution in [0.4, 0.5) is 5.69 Å². The van der Waals surface area contributed by atoms with Crippen LogP contribution in [0.3, 0.4) is 0 Å². The maximum Gasteiger partial charge on any atom is 0.106 e. The molecule has 2 rings (SSSR count). The number of aryl methyl sites for hydroxylation is 1. The number of thiocarbonyl (C=S) groups is 1. The second-order valence-corrected chi connectivity index (χ2v) is 4.76. The number of nitrogens with one attached hydrogen (secondary N) is 1. The molecule has 0 unspecified atom stereocenters. The maximum absolute atomic E-state index is 5.96. The predicted molar refractivity (Wildman–Crippen MR) is 77.9 cm³/mol. The molecule has 94 valence electrons. The van der Waals surface area contributed by atoms with Gasteiger partial charge < -0.3 is 11.1 Å². The summed E-state index contributed by atoms with van der Waals surface area (Å²) < 4.78 is 1.75. The minimum atomic E-state index is 0.343. The molecule has 0 atom stereocenters. The highest BCUT2D eigenvalue weighted by atomic mass is 35.5. The highest BCUT2D eigenvalue weighted by Crippen LogP contribution is 2.21. The number of hydrogen-bond donors (Lipinski definition) is 2. The van der Waals surface area contributed by atoms with Gasteiger partial charge >= 0.3 is 0 Å². The molecule has 0 amide bonds. The SMILES string of the molecule is Cn1ccc(CNc2cc(Cl)ccc2C(N)=S)n1. The molecule has 1 aromatic heterocycles. The van der Waals surface area contributed by atoms with E-state index in [9.17, 15) is 0 Å². The number of benzene rings is 1. The van der Waals surface area contributed by atoms with Crippen molar-refractivity contribution >= 4 is 34.5 Å².